The first-order valence-corrected chi connectivity index (χ1v) is 10.1. The summed E-state index contributed by atoms with van der Waals surface area (Å²) in [5, 5.41) is 0. The van der Waals surface area contributed by atoms with Crippen LogP contribution in [0.2, 0.25) is 0 Å². The summed E-state index contributed by atoms with van der Waals surface area (Å²) in [4.78, 5) is 0. The molecule has 3 aromatic rings. The summed E-state index contributed by atoms with van der Waals surface area (Å²) in [5.41, 5.74) is 7.46. The number of benzene rings is 2. The van der Waals surface area contributed by atoms with Crippen LogP contribution in [0.5, 0.6) is 5.75 Å². The van der Waals surface area contributed by atoms with Gasteiger partial charge in [-0.25, -0.2) is 4.57 Å². The van der Waals surface area contributed by atoms with Crippen LogP contribution in [0, 0.1) is 6.92 Å². The average Bonchev–Trinajstić information content (AvgIpc) is 2.60. The van der Waals surface area contributed by atoms with Crippen molar-refractivity contribution in [2.45, 2.75) is 52.1 Å². The van der Waals surface area contributed by atoms with Crippen molar-refractivity contribution in [3.63, 3.8) is 0 Å². The van der Waals surface area contributed by atoms with Gasteiger partial charge in [-0.3, -0.25) is 0 Å². The summed E-state index contributed by atoms with van der Waals surface area (Å²) in [5.74, 6) is 1.02. The molecule has 0 fully saturated rings. The van der Waals surface area contributed by atoms with E-state index < -0.39 is 0 Å². The lowest BCUT2D eigenvalue weighted by molar-refractivity contribution is -0.660. The molecule has 0 saturated heterocycles. The molecule has 2 nitrogen and oxygen atoms in total. The molecule has 0 atom stereocenters. The molecular weight excluding hydrogens is 342 g/mol. The van der Waals surface area contributed by atoms with Gasteiger partial charge in [0.25, 0.3) is 0 Å². The summed E-state index contributed by atoms with van der Waals surface area (Å²) in [6.45, 7) is 11.2. The fourth-order valence-corrected chi connectivity index (χ4v) is 4.72. The zero-order chi connectivity index (χ0) is 20.1. The van der Waals surface area contributed by atoms with Gasteiger partial charge in [0.15, 0.2) is 6.20 Å². The first-order chi connectivity index (χ1) is 13.2. The van der Waals surface area contributed by atoms with Gasteiger partial charge < -0.3 is 4.74 Å². The van der Waals surface area contributed by atoms with Crippen molar-refractivity contribution in [3.05, 3.63) is 71.9 Å². The van der Waals surface area contributed by atoms with Crippen LogP contribution in [0.25, 0.3) is 22.4 Å². The standard InChI is InChI=1S/C26H30NO/c1-18-10-11-19(15-21(18)23-9-7-8-14-27(23)6)20-12-13-22-24(16-20)28-26(4,5)17-25(22,2)3/h7-16H,17H2,1-6H3/q+1. The van der Waals surface area contributed by atoms with Crippen LogP contribution in [0.15, 0.2) is 60.8 Å². The number of rotatable bonds is 2. The van der Waals surface area contributed by atoms with Crippen LogP contribution in [-0.2, 0) is 12.5 Å². The number of ether oxygens (including phenoxy) is 1. The predicted octanol–water partition coefficient (Wildman–Crippen LogP) is 5.99. The summed E-state index contributed by atoms with van der Waals surface area (Å²) in [6.07, 6.45) is 3.11. The van der Waals surface area contributed by atoms with Gasteiger partial charge >= 0.3 is 0 Å². The van der Waals surface area contributed by atoms with Crippen LogP contribution >= 0.6 is 0 Å². The highest BCUT2D eigenvalue weighted by Gasteiger charge is 2.38. The van der Waals surface area contributed by atoms with Crippen LogP contribution in [0.3, 0.4) is 0 Å². The van der Waals surface area contributed by atoms with E-state index in [0.29, 0.717) is 0 Å². The first-order valence-electron chi connectivity index (χ1n) is 10.1. The Morgan fingerprint density at radius 1 is 0.893 bits per heavy atom. The maximum Gasteiger partial charge on any atom is 0.212 e. The molecule has 2 aromatic carbocycles. The lowest BCUT2D eigenvalue weighted by Gasteiger charge is -2.42. The Morgan fingerprint density at radius 3 is 2.36 bits per heavy atom. The number of nitrogens with zero attached hydrogens (tertiary/aromatic N) is 1. The molecule has 1 aliphatic rings. The van der Waals surface area contributed by atoms with Crippen LogP contribution in [0.4, 0.5) is 0 Å². The molecule has 0 amide bonds. The normalized spacial score (nSPS) is 16.9. The topological polar surface area (TPSA) is 13.1 Å². The molecular formula is C26H30NO+. The van der Waals surface area contributed by atoms with Crippen molar-refractivity contribution >= 4 is 0 Å². The zero-order valence-electron chi connectivity index (χ0n) is 17.8. The molecule has 4 rings (SSSR count). The molecule has 144 valence electrons. The molecule has 0 aliphatic carbocycles. The Hall–Kier alpha value is -2.61. The van der Waals surface area contributed by atoms with Crippen molar-refractivity contribution in [2.75, 3.05) is 0 Å². The van der Waals surface area contributed by atoms with Crippen LogP contribution < -0.4 is 9.30 Å². The summed E-state index contributed by atoms with van der Waals surface area (Å²) >= 11 is 0. The van der Waals surface area contributed by atoms with Gasteiger partial charge in [-0.05, 0) is 73.1 Å². The SMILES string of the molecule is Cc1ccc(-c2ccc3c(c2)OC(C)(C)CC3(C)C)cc1-c1cccc[n+]1C. The highest BCUT2D eigenvalue weighted by atomic mass is 16.5. The number of hydrogen-bond acceptors (Lipinski definition) is 1. The molecule has 1 aromatic heterocycles. The Labute approximate surface area is 168 Å². The third-order valence-electron chi connectivity index (χ3n) is 5.87. The minimum atomic E-state index is -0.147. The predicted molar refractivity (Wildman–Crippen MR) is 116 cm³/mol. The van der Waals surface area contributed by atoms with Crippen molar-refractivity contribution < 1.29 is 9.30 Å². The van der Waals surface area contributed by atoms with E-state index in [9.17, 15) is 0 Å². The molecule has 0 N–H and O–H groups in total. The lowest BCUT2D eigenvalue weighted by atomic mass is 9.73. The van der Waals surface area contributed by atoms with Gasteiger partial charge in [-0.1, -0.05) is 38.1 Å². The molecule has 28 heavy (non-hydrogen) atoms. The van der Waals surface area contributed by atoms with E-state index in [2.05, 4.69) is 107 Å². The number of fused-ring (bicyclic) bond motifs is 1. The molecule has 0 saturated carbocycles. The monoisotopic (exact) mass is 372 g/mol. The molecule has 2 heteroatoms. The molecule has 0 radical (unpaired) electrons. The minimum Gasteiger partial charge on any atom is -0.488 e. The number of pyridine rings is 1. The van der Waals surface area contributed by atoms with Crippen molar-refractivity contribution in [1.29, 1.82) is 0 Å². The van der Waals surface area contributed by atoms with E-state index >= 15 is 0 Å². The molecule has 0 bridgehead atoms. The first kappa shape index (κ1) is 18.7. The quantitative estimate of drug-likeness (QED) is 0.503. The molecule has 1 aliphatic heterocycles. The van der Waals surface area contributed by atoms with Gasteiger partial charge in [0.05, 0.1) is 0 Å². The number of aryl methyl sites for hydroxylation is 2. The van der Waals surface area contributed by atoms with Gasteiger partial charge in [0, 0.05) is 17.7 Å². The molecule has 0 spiro atoms. The van der Waals surface area contributed by atoms with Crippen LogP contribution in [0.1, 0.15) is 45.2 Å². The second-order valence-electron chi connectivity index (χ2n) is 9.36. The summed E-state index contributed by atoms with van der Waals surface area (Å²) in [6, 6.07) is 19.8. The van der Waals surface area contributed by atoms with Gasteiger partial charge in [0.1, 0.15) is 18.4 Å². The molecule has 0 unspecified atom stereocenters. The number of aromatic nitrogens is 1. The van der Waals surface area contributed by atoms with E-state index in [0.717, 1.165) is 12.2 Å². The maximum atomic E-state index is 6.37. The third kappa shape index (κ3) is 3.32. The average molecular weight is 373 g/mol. The van der Waals surface area contributed by atoms with Crippen LogP contribution in [-0.4, -0.2) is 5.60 Å². The Balaban J connectivity index is 1.81. The third-order valence-corrected chi connectivity index (χ3v) is 5.87. The minimum absolute atomic E-state index is 0.117. The second-order valence-corrected chi connectivity index (χ2v) is 9.36. The van der Waals surface area contributed by atoms with Crippen molar-refractivity contribution in [2.24, 2.45) is 7.05 Å². The zero-order valence-corrected chi connectivity index (χ0v) is 17.8. The van der Waals surface area contributed by atoms with Crippen molar-refractivity contribution in [1.82, 2.24) is 0 Å². The number of hydrogen-bond donors (Lipinski definition) is 0. The Kier molecular flexibility index (Phi) is 4.33. The summed E-state index contributed by atoms with van der Waals surface area (Å²) in [7, 11) is 2.10. The highest BCUT2D eigenvalue weighted by molar-refractivity contribution is 5.74. The van der Waals surface area contributed by atoms with E-state index in [1.807, 2.05) is 0 Å². The van der Waals surface area contributed by atoms with Gasteiger partial charge in [0.2, 0.25) is 5.69 Å². The fraction of sp³-hybridized carbons (Fsp3) is 0.346. The van der Waals surface area contributed by atoms with E-state index in [1.165, 1.54) is 33.5 Å². The lowest BCUT2D eigenvalue weighted by Crippen LogP contribution is -2.41. The van der Waals surface area contributed by atoms with E-state index in [-0.39, 0.29) is 11.0 Å². The maximum absolute atomic E-state index is 6.37. The van der Waals surface area contributed by atoms with Crippen molar-refractivity contribution in [3.8, 4) is 28.1 Å². The second kappa shape index (κ2) is 6.48. The van der Waals surface area contributed by atoms with E-state index in [4.69, 9.17) is 4.74 Å². The smallest absolute Gasteiger partial charge is 0.212 e. The largest absolute Gasteiger partial charge is 0.488 e. The highest BCUT2D eigenvalue weighted by Crippen LogP contribution is 2.46. The van der Waals surface area contributed by atoms with Gasteiger partial charge in [-0.2, -0.15) is 0 Å². The Morgan fingerprint density at radius 2 is 1.61 bits per heavy atom. The van der Waals surface area contributed by atoms with Gasteiger partial charge in [-0.15, -0.1) is 0 Å². The van der Waals surface area contributed by atoms with E-state index in [1.54, 1.807) is 0 Å². The molecule has 2 heterocycles. The summed E-state index contributed by atoms with van der Waals surface area (Å²) < 4.78 is 8.54. The Bertz CT molecular complexity index is 1050. The fourth-order valence-electron chi connectivity index (χ4n) is 4.72.